The molecule has 1 amide bonds. The summed E-state index contributed by atoms with van der Waals surface area (Å²) in [5.41, 5.74) is -0.267. The maximum absolute atomic E-state index is 11.9. The lowest BCUT2D eigenvalue weighted by atomic mass is 10.2. The van der Waals surface area contributed by atoms with Gasteiger partial charge in [0.2, 0.25) is 0 Å². The number of ether oxygens (including phenoxy) is 1. The standard InChI is InChI=1S/C15H13BrN2O6/c1-17(8-11-3-2-6-23-11)14(19)9-24-15(20)10-4-5-12(16)13(7-10)18(21)22/h2-7H,8-9H2,1H3. The van der Waals surface area contributed by atoms with Crippen molar-refractivity contribution in [3.8, 4) is 0 Å². The monoisotopic (exact) mass is 396 g/mol. The van der Waals surface area contributed by atoms with Crippen molar-refractivity contribution in [3.63, 3.8) is 0 Å². The minimum atomic E-state index is -0.814. The second kappa shape index (κ2) is 7.73. The molecule has 0 atom stereocenters. The lowest BCUT2D eigenvalue weighted by molar-refractivity contribution is -0.385. The fourth-order valence-corrected chi connectivity index (χ4v) is 2.22. The first-order valence-corrected chi connectivity index (χ1v) is 7.55. The number of halogens is 1. The van der Waals surface area contributed by atoms with Gasteiger partial charge in [-0.3, -0.25) is 14.9 Å². The molecule has 0 fully saturated rings. The maximum Gasteiger partial charge on any atom is 0.338 e. The van der Waals surface area contributed by atoms with Crippen LogP contribution in [0.3, 0.4) is 0 Å². The molecule has 24 heavy (non-hydrogen) atoms. The van der Waals surface area contributed by atoms with E-state index in [9.17, 15) is 19.7 Å². The second-order valence-electron chi connectivity index (χ2n) is 4.83. The molecular formula is C15H13BrN2O6. The maximum atomic E-state index is 11.9. The van der Waals surface area contributed by atoms with Crippen molar-refractivity contribution in [2.45, 2.75) is 6.54 Å². The van der Waals surface area contributed by atoms with Gasteiger partial charge in [0, 0.05) is 13.1 Å². The van der Waals surface area contributed by atoms with Crippen LogP contribution in [0, 0.1) is 10.1 Å². The molecule has 1 aromatic heterocycles. The van der Waals surface area contributed by atoms with E-state index in [0.29, 0.717) is 5.76 Å². The van der Waals surface area contributed by atoms with Gasteiger partial charge in [-0.05, 0) is 40.2 Å². The largest absolute Gasteiger partial charge is 0.467 e. The summed E-state index contributed by atoms with van der Waals surface area (Å²) in [5.74, 6) is -0.641. The summed E-state index contributed by atoms with van der Waals surface area (Å²) in [5, 5.41) is 10.9. The fraction of sp³-hybridized carbons (Fsp3) is 0.200. The third-order valence-corrected chi connectivity index (χ3v) is 3.77. The molecule has 0 saturated carbocycles. The van der Waals surface area contributed by atoms with Crippen molar-refractivity contribution >= 4 is 33.5 Å². The van der Waals surface area contributed by atoms with Crippen molar-refractivity contribution in [3.05, 3.63) is 62.5 Å². The molecule has 2 aromatic rings. The van der Waals surface area contributed by atoms with Crippen LogP contribution in [0.1, 0.15) is 16.1 Å². The molecule has 9 heteroatoms. The van der Waals surface area contributed by atoms with Crippen LogP contribution in [-0.2, 0) is 16.1 Å². The minimum Gasteiger partial charge on any atom is -0.467 e. The Bertz CT molecular complexity index is 759. The third-order valence-electron chi connectivity index (χ3n) is 3.10. The van der Waals surface area contributed by atoms with Gasteiger partial charge in [-0.25, -0.2) is 4.79 Å². The van der Waals surface area contributed by atoms with Gasteiger partial charge in [0.1, 0.15) is 5.76 Å². The summed E-state index contributed by atoms with van der Waals surface area (Å²) in [7, 11) is 1.54. The Balaban J connectivity index is 1.94. The number of furan rings is 1. The molecule has 1 heterocycles. The topological polar surface area (TPSA) is 103 Å². The van der Waals surface area contributed by atoms with E-state index in [-0.39, 0.29) is 22.3 Å². The van der Waals surface area contributed by atoms with Crippen LogP contribution >= 0.6 is 15.9 Å². The van der Waals surface area contributed by atoms with Gasteiger partial charge < -0.3 is 14.1 Å². The minimum absolute atomic E-state index is 0.00797. The number of nitrogens with zero attached hydrogens (tertiary/aromatic N) is 2. The van der Waals surface area contributed by atoms with Gasteiger partial charge >= 0.3 is 5.97 Å². The van der Waals surface area contributed by atoms with Crippen molar-refractivity contribution < 1.29 is 23.7 Å². The lowest BCUT2D eigenvalue weighted by Crippen LogP contribution is -2.30. The first-order valence-electron chi connectivity index (χ1n) is 6.76. The molecule has 0 N–H and O–H groups in total. The lowest BCUT2D eigenvalue weighted by Gasteiger charge is -2.15. The number of nitro benzene ring substituents is 1. The van der Waals surface area contributed by atoms with Crippen molar-refractivity contribution in [2.24, 2.45) is 0 Å². The normalized spacial score (nSPS) is 10.2. The number of likely N-dealkylation sites (N-methyl/N-ethyl adjacent to an activating group) is 1. The number of carbonyl (C=O) groups is 2. The number of carbonyl (C=O) groups excluding carboxylic acids is 2. The predicted octanol–water partition coefficient (Wildman–Crippen LogP) is 2.77. The van der Waals surface area contributed by atoms with E-state index in [1.165, 1.54) is 23.3 Å². The van der Waals surface area contributed by atoms with Crippen LogP contribution in [0.25, 0.3) is 0 Å². The first-order chi connectivity index (χ1) is 11.4. The highest BCUT2D eigenvalue weighted by molar-refractivity contribution is 9.10. The Morgan fingerprint density at radius 3 is 2.75 bits per heavy atom. The summed E-state index contributed by atoms with van der Waals surface area (Å²) < 4.78 is 10.3. The number of benzene rings is 1. The molecule has 0 aliphatic heterocycles. The summed E-state index contributed by atoms with van der Waals surface area (Å²) in [6.07, 6.45) is 1.49. The number of hydrogen-bond acceptors (Lipinski definition) is 6. The zero-order valence-corrected chi connectivity index (χ0v) is 14.2. The van der Waals surface area contributed by atoms with Gasteiger partial charge in [-0.2, -0.15) is 0 Å². The first kappa shape index (κ1) is 17.7. The molecule has 0 bridgehead atoms. The second-order valence-corrected chi connectivity index (χ2v) is 5.68. The van der Waals surface area contributed by atoms with Gasteiger partial charge in [0.15, 0.2) is 6.61 Å². The SMILES string of the molecule is CN(Cc1ccco1)C(=O)COC(=O)c1ccc(Br)c([N+](=O)[O-])c1. The van der Waals surface area contributed by atoms with Crippen LogP contribution < -0.4 is 0 Å². The van der Waals surface area contributed by atoms with Crippen LogP contribution in [0.15, 0.2) is 45.5 Å². The fourth-order valence-electron chi connectivity index (χ4n) is 1.82. The summed E-state index contributed by atoms with van der Waals surface area (Å²) in [4.78, 5) is 35.4. The zero-order valence-electron chi connectivity index (χ0n) is 12.6. The molecule has 0 radical (unpaired) electrons. The molecule has 8 nitrogen and oxygen atoms in total. The summed E-state index contributed by atoms with van der Waals surface area (Å²) >= 11 is 3.03. The number of amides is 1. The summed E-state index contributed by atoms with van der Waals surface area (Å²) in [6.45, 7) is -0.229. The van der Waals surface area contributed by atoms with Crippen molar-refractivity contribution in [1.29, 1.82) is 0 Å². The van der Waals surface area contributed by atoms with Crippen molar-refractivity contribution in [2.75, 3.05) is 13.7 Å². The molecule has 0 unspecified atom stereocenters. The molecule has 1 aromatic carbocycles. The van der Waals surface area contributed by atoms with Crippen LogP contribution in [0.2, 0.25) is 0 Å². The molecule has 0 aliphatic carbocycles. The Kier molecular flexibility index (Phi) is 5.69. The molecule has 2 rings (SSSR count). The van der Waals surface area contributed by atoms with Gasteiger partial charge in [-0.1, -0.05) is 0 Å². The predicted molar refractivity (Wildman–Crippen MR) is 86.3 cm³/mol. The van der Waals surface area contributed by atoms with Gasteiger partial charge in [0.25, 0.3) is 11.6 Å². The third kappa shape index (κ3) is 4.42. The van der Waals surface area contributed by atoms with E-state index >= 15 is 0 Å². The highest BCUT2D eigenvalue weighted by Gasteiger charge is 2.18. The Hall–Kier alpha value is -2.68. The number of rotatable bonds is 6. The Morgan fingerprint density at radius 1 is 1.38 bits per heavy atom. The highest BCUT2D eigenvalue weighted by atomic mass is 79.9. The van der Waals surface area contributed by atoms with Gasteiger partial charge in [0.05, 0.1) is 27.8 Å². The van der Waals surface area contributed by atoms with E-state index in [0.717, 1.165) is 6.07 Å². The average Bonchev–Trinajstić information content (AvgIpc) is 3.05. The number of hydrogen-bond donors (Lipinski definition) is 0. The van der Waals surface area contributed by atoms with E-state index < -0.39 is 23.4 Å². The zero-order chi connectivity index (χ0) is 17.7. The Morgan fingerprint density at radius 2 is 2.12 bits per heavy atom. The van der Waals surface area contributed by atoms with E-state index in [2.05, 4.69) is 15.9 Å². The Labute approximate surface area is 145 Å². The van der Waals surface area contributed by atoms with E-state index in [4.69, 9.17) is 9.15 Å². The quantitative estimate of drug-likeness (QED) is 0.422. The molecule has 126 valence electrons. The van der Waals surface area contributed by atoms with E-state index in [1.54, 1.807) is 19.2 Å². The molecule has 0 spiro atoms. The molecule has 0 aliphatic rings. The molecular weight excluding hydrogens is 384 g/mol. The smallest absolute Gasteiger partial charge is 0.338 e. The van der Waals surface area contributed by atoms with Crippen LogP contribution in [0.4, 0.5) is 5.69 Å². The molecule has 0 saturated heterocycles. The van der Waals surface area contributed by atoms with Crippen molar-refractivity contribution in [1.82, 2.24) is 4.90 Å². The number of nitro groups is 1. The average molecular weight is 397 g/mol. The van der Waals surface area contributed by atoms with Gasteiger partial charge in [-0.15, -0.1) is 0 Å². The van der Waals surface area contributed by atoms with Crippen LogP contribution in [-0.4, -0.2) is 35.4 Å². The number of esters is 1. The van der Waals surface area contributed by atoms with Crippen LogP contribution in [0.5, 0.6) is 0 Å². The van der Waals surface area contributed by atoms with E-state index in [1.807, 2.05) is 0 Å². The summed E-state index contributed by atoms with van der Waals surface area (Å²) in [6, 6.07) is 7.25. The highest BCUT2D eigenvalue weighted by Crippen LogP contribution is 2.25.